The summed E-state index contributed by atoms with van der Waals surface area (Å²) in [5, 5.41) is 16.3. The fraction of sp³-hybridized carbons (Fsp3) is 0.481. The second-order valence-electron chi connectivity index (χ2n) is 9.79. The zero-order valence-electron chi connectivity index (χ0n) is 22.0. The van der Waals surface area contributed by atoms with Gasteiger partial charge in [-0.25, -0.2) is 15.3 Å². The molecule has 1 aromatic heterocycles. The number of aromatic nitrogens is 1. The zero-order valence-corrected chi connectivity index (χ0v) is 22.0. The van der Waals surface area contributed by atoms with E-state index in [4.69, 9.17) is 14.3 Å². The van der Waals surface area contributed by atoms with Crippen LogP contribution in [0.3, 0.4) is 0 Å². The van der Waals surface area contributed by atoms with Crippen LogP contribution in [0.4, 0.5) is 17.3 Å². The number of nitrogens with one attached hydrogen (secondary N) is 3. The molecule has 1 heterocycles. The number of anilines is 3. The van der Waals surface area contributed by atoms with E-state index in [1.807, 2.05) is 20.8 Å². The van der Waals surface area contributed by atoms with E-state index in [2.05, 4.69) is 27.2 Å². The van der Waals surface area contributed by atoms with Crippen LogP contribution in [0.1, 0.15) is 69.3 Å². The van der Waals surface area contributed by atoms with Gasteiger partial charge in [-0.1, -0.05) is 18.9 Å². The molecule has 10 heteroatoms. The Morgan fingerprint density at radius 3 is 2.59 bits per heavy atom. The second kappa shape index (κ2) is 12.4. The fourth-order valence-corrected chi connectivity index (χ4v) is 4.08. The van der Waals surface area contributed by atoms with Gasteiger partial charge in [0.05, 0.1) is 30.8 Å². The lowest BCUT2D eigenvalue weighted by Crippen LogP contribution is -2.45. The number of carbonyl (C=O) groups is 2. The number of rotatable bonds is 9. The third-order valence-corrected chi connectivity index (χ3v) is 5.85. The summed E-state index contributed by atoms with van der Waals surface area (Å²) in [6, 6.07) is 10.5. The quantitative estimate of drug-likeness (QED) is 0.325. The Morgan fingerprint density at radius 1 is 1.16 bits per heavy atom. The van der Waals surface area contributed by atoms with Crippen molar-refractivity contribution in [2.45, 2.75) is 65.0 Å². The molecule has 1 aliphatic rings. The number of nitrogens with zero attached hydrogens (tertiary/aromatic N) is 2. The lowest BCUT2D eigenvalue weighted by molar-refractivity contribution is -0.151. The highest BCUT2D eigenvalue weighted by atomic mass is 16.7. The van der Waals surface area contributed by atoms with Gasteiger partial charge < -0.3 is 20.1 Å². The minimum absolute atomic E-state index is 0.128. The van der Waals surface area contributed by atoms with Crippen molar-refractivity contribution in [3.63, 3.8) is 0 Å². The number of benzene rings is 1. The molecule has 0 aliphatic heterocycles. The van der Waals surface area contributed by atoms with Gasteiger partial charge in [-0.15, -0.1) is 0 Å². The highest BCUT2D eigenvalue weighted by Crippen LogP contribution is 2.31. The van der Waals surface area contributed by atoms with Gasteiger partial charge in [-0.3, -0.25) is 9.63 Å². The Balaban J connectivity index is 1.94. The van der Waals surface area contributed by atoms with Crippen LogP contribution in [0.15, 0.2) is 30.3 Å². The van der Waals surface area contributed by atoms with Gasteiger partial charge in [-0.05, 0) is 58.7 Å². The minimum Gasteiger partial charge on any atom is -0.497 e. The maximum atomic E-state index is 12.9. The van der Waals surface area contributed by atoms with Crippen molar-refractivity contribution in [2.24, 2.45) is 5.92 Å². The highest BCUT2D eigenvalue weighted by Gasteiger charge is 2.33. The molecule has 37 heavy (non-hydrogen) atoms. The van der Waals surface area contributed by atoms with Gasteiger partial charge in [0.15, 0.2) is 0 Å². The van der Waals surface area contributed by atoms with Crippen molar-refractivity contribution in [1.29, 1.82) is 5.26 Å². The molecular formula is C27H35N5O5. The van der Waals surface area contributed by atoms with Crippen molar-refractivity contribution in [3.8, 4) is 11.8 Å². The molecule has 1 saturated carbocycles. The predicted octanol–water partition coefficient (Wildman–Crippen LogP) is 4.70. The first-order chi connectivity index (χ1) is 17.6. The highest BCUT2D eigenvalue weighted by molar-refractivity contribution is 5.96. The number of pyridine rings is 1. The topological polar surface area (TPSA) is 135 Å². The van der Waals surface area contributed by atoms with E-state index in [1.165, 1.54) is 6.07 Å². The molecule has 2 aromatic rings. The summed E-state index contributed by atoms with van der Waals surface area (Å²) in [6.07, 6.45) is 3.24. The summed E-state index contributed by atoms with van der Waals surface area (Å²) in [5.74, 6) is -0.0585. The van der Waals surface area contributed by atoms with Crippen LogP contribution in [0.2, 0.25) is 0 Å². The first-order valence-corrected chi connectivity index (χ1v) is 12.4. The molecule has 0 unspecified atom stereocenters. The van der Waals surface area contributed by atoms with Gasteiger partial charge in [0.25, 0.3) is 0 Å². The molecule has 3 rings (SSSR count). The molecule has 1 amide bonds. The van der Waals surface area contributed by atoms with E-state index in [9.17, 15) is 14.9 Å². The van der Waals surface area contributed by atoms with Crippen LogP contribution in [-0.4, -0.2) is 42.2 Å². The Labute approximate surface area is 217 Å². The molecule has 1 aliphatic carbocycles. The SMILES string of the molecule is CCOC(=O)c1cc(C#N)c(N[C@@H]2CCCC[C@@H]2C(=O)NOC(C)(C)C)nc1Nc1cccc(OC)c1. The van der Waals surface area contributed by atoms with Crippen molar-refractivity contribution < 1.29 is 23.9 Å². The summed E-state index contributed by atoms with van der Waals surface area (Å²) in [5.41, 5.74) is 3.00. The third kappa shape index (κ3) is 7.57. The summed E-state index contributed by atoms with van der Waals surface area (Å²) in [7, 11) is 1.56. The molecule has 0 spiro atoms. The van der Waals surface area contributed by atoms with Crippen LogP contribution in [0.25, 0.3) is 0 Å². The molecular weight excluding hydrogens is 474 g/mol. The molecule has 198 valence electrons. The number of carbonyl (C=O) groups excluding carboxylic acids is 2. The van der Waals surface area contributed by atoms with Crippen LogP contribution >= 0.6 is 0 Å². The number of methoxy groups -OCH3 is 1. The molecule has 2 atom stereocenters. The lowest BCUT2D eigenvalue weighted by Gasteiger charge is -2.32. The van der Waals surface area contributed by atoms with Gasteiger partial charge in [0.2, 0.25) is 5.91 Å². The molecule has 0 saturated heterocycles. The average molecular weight is 510 g/mol. The number of ether oxygens (including phenoxy) is 2. The van der Waals surface area contributed by atoms with Crippen LogP contribution in [0.5, 0.6) is 5.75 Å². The third-order valence-electron chi connectivity index (χ3n) is 5.85. The van der Waals surface area contributed by atoms with Crippen molar-refractivity contribution >= 4 is 29.2 Å². The van der Waals surface area contributed by atoms with Gasteiger partial charge in [0.1, 0.15) is 29.0 Å². The number of esters is 1. The van der Waals surface area contributed by atoms with Crippen molar-refractivity contribution in [2.75, 3.05) is 24.4 Å². The van der Waals surface area contributed by atoms with Gasteiger partial charge in [-0.2, -0.15) is 5.26 Å². The Bertz CT molecular complexity index is 1150. The van der Waals surface area contributed by atoms with E-state index in [0.29, 0.717) is 17.9 Å². The molecule has 1 fully saturated rings. The van der Waals surface area contributed by atoms with Crippen LogP contribution in [0, 0.1) is 17.2 Å². The predicted molar refractivity (Wildman–Crippen MR) is 140 cm³/mol. The van der Waals surface area contributed by atoms with E-state index in [1.54, 1.807) is 38.3 Å². The molecule has 3 N–H and O–H groups in total. The molecule has 1 aromatic carbocycles. The van der Waals surface area contributed by atoms with Crippen molar-refractivity contribution in [1.82, 2.24) is 10.5 Å². The smallest absolute Gasteiger partial charge is 0.341 e. The van der Waals surface area contributed by atoms with Gasteiger partial charge in [0, 0.05) is 17.8 Å². The standard InChI is InChI=1S/C27H35N5O5/c1-6-36-26(34)21-14-17(16-28)23(31-24(21)29-18-10-9-11-19(15-18)35-5)30-22-13-8-7-12-20(22)25(33)32-37-27(2,3)4/h9-11,14-15,20,22H,6-8,12-13H2,1-5H3,(H,32,33)(H2,29,30,31)/t20-,22+/m0/s1. The first kappa shape index (κ1) is 27.7. The Hall–Kier alpha value is -3.84. The molecule has 0 radical (unpaired) electrons. The normalized spacial score (nSPS) is 17.3. The Kier molecular flexibility index (Phi) is 9.31. The number of hydrogen-bond donors (Lipinski definition) is 3. The summed E-state index contributed by atoms with van der Waals surface area (Å²) >= 11 is 0. The zero-order chi connectivity index (χ0) is 27.0. The van der Waals surface area contributed by atoms with Crippen LogP contribution < -0.4 is 20.9 Å². The first-order valence-electron chi connectivity index (χ1n) is 12.4. The Morgan fingerprint density at radius 2 is 1.92 bits per heavy atom. The monoisotopic (exact) mass is 509 g/mol. The molecule has 0 bridgehead atoms. The van der Waals surface area contributed by atoms with E-state index in [-0.39, 0.29) is 47.2 Å². The van der Waals surface area contributed by atoms with Crippen LogP contribution in [-0.2, 0) is 14.4 Å². The van der Waals surface area contributed by atoms with Crippen molar-refractivity contribution in [3.05, 3.63) is 41.5 Å². The summed E-state index contributed by atoms with van der Waals surface area (Å²) in [6.45, 7) is 7.45. The van der Waals surface area contributed by atoms with E-state index >= 15 is 0 Å². The lowest BCUT2D eigenvalue weighted by atomic mass is 9.84. The number of hydroxylamine groups is 1. The number of nitriles is 1. The van der Waals surface area contributed by atoms with E-state index in [0.717, 1.165) is 19.3 Å². The fourth-order valence-electron chi connectivity index (χ4n) is 4.08. The maximum absolute atomic E-state index is 12.9. The second-order valence-corrected chi connectivity index (χ2v) is 9.79. The number of amides is 1. The molecule has 10 nitrogen and oxygen atoms in total. The largest absolute Gasteiger partial charge is 0.497 e. The number of hydrogen-bond acceptors (Lipinski definition) is 9. The summed E-state index contributed by atoms with van der Waals surface area (Å²) < 4.78 is 10.5. The maximum Gasteiger partial charge on any atom is 0.341 e. The minimum atomic E-state index is -0.599. The van der Waals surface area contributed by atoms with E-state index < -0.39 is 11.6 Å². The average Bonchev–Trinajstić information content (AvgIpc) is 2.87. The summed E-state index contributed by atoms with van der Waals surface area (Å²) in [4.78, 5) is 35.8. The van der Waals surface area contributed by atoms with Gasteiger partial charge >= 0.3 is 5.97 Å².